The fourth-order valence-electron chi connectivity index (χ4n) is 5.07. The Morgan fingerprint density at radius 2 is 1.98 bits per heavy atom. The molecule has 9 nitrogen and oxygen atoms in total. The van der Waals surface area contributed by atoms with Gasteiger partial charge in [-0.05, 0) is 49.9 Å². The van der Waals surface area contributed by atoms with Crippen molar-refractivity contribution in [2.24, 2.45) is 5.92 Å². The topological polar surface area (TPSA) is 106 Å². The minimum absolute atomic E-state index is 0.0209. The fraction of sp³-hybridized carbons (Fsp3) is 0.333. The van der Waals surface area contributed by atoms with Gasteiger partial charge >= 0.3 is 0 Å². The van der Waals surface area contributed by atoms with Crippen molar-refractivity contribution >= 4 is 34.9 Å². The van der Waals surface area contributed by atoms with Crippen molar-refractivity contribution in [3.63, 3.8) is 0 Å². The Hall–Kier alpha value is -4.32. The Balaban J connectivity index is 1.37. The summed E-state index contributed by atoms with van der Waals surface area (Å²) < 4.78 is 43.9. The summed E-state index contributed by atoms with van der Waals surface area (Å²) in [5.41, 5.74) is 0.881. The van der Waals surface area contributed by atoms with Gasteiger partial charge in [0.15, 0.2) is 11.5 Å². The average Bonchev–Trinajstić information content (AvgIpc) is 3.59. The predicted octanol–water partition coefficient (Wildman–Crippen LogP) is 6.57. The van der Waals surface area contributed by atoms with E-state index in [1.807, 2.05) is 26.8 Å². The van der Waals surface area contributed by atoms with Crippen molar-refractivity contribution in [1.29, 1.82) is 0 Å². The van der Waals surface area contributed by atoms with Gasteiger partial charge in [0.25, 0.3) is 12.3 Å². The Morgan fingerprint density at radius 1 is 1.21 bits per heavy atom. The summed E-state index contributed by atoms with van der Waals surface area (Å²) in [6.45, 7) is 8.13. The highest BCUT2D eigenvalue weighted by molar-refractivity contribution is 6.31. The number of amides is 2. The molecule has 0 radical (unpaired) electrons. The van der Waals surface area contributed by atoms with Gasteiger partial charge in [0.1, 0.15) is 5.82 Å². The predicted molar refractivity (Wildman–Crippen MR) is 156 cm³/mol. The quantitative estimate of drug-likeness (QED) is 0.242. The van der Waals surface area contributed by atoms with Crippen LogP contribution in [0.25, 0.3) is 11.3 Å². The monoisotopic (exact) mass is 611 g/mol. The number of rotatable bonds is 8. The third-order valence-electron chi connectivity index (χ3n) is 7.56. The molecular weight excluding hydrogens is 583 g/mol. The molecule has 4 aromatic rings. The van der Waals surface area contributed by atoms with E-state index in [0.29, 0.717) is 30.2 Å². The van der Waals surface area contributed by atoms with E-state index in [4.69, 9.17) is 11.6 Å². The number of benzene rings is 1. The number of hydrogen-bond donors (Lipinski definition) is 1. The summed E-state index contributed by atoms with van der Waals surface area (Å²) in [7, 11) is 0. The lowest BCUT2D eigenvalue weighted by Gasteiger charge is -2.20. The molecular formula is C30H29ClF3N7O2. The molecule has 224 valence electrons. The summed E-state index contributed by atoms with van der Waals surface area (Å²) in [4.78, 5) is 40.5. The molecule has 5 rings (SSSR count). The van der Waals surface area contributed by atoms with Gasteiger partial charge < -0.3 is 5.32 Å². The zero-order valence-electron chi connectivity index (χ0n) is 23.9. The molecule has 2 amide bonds. The van der Waals surface area contributed by atoms with E-state index in [-0.39, 0.29) is 34.3 Å². The lowest BCUT2D eigenvalue weighted by molar-refractivity contribution is -0.119. The van der Waals surface area contributed by atoms with Crippen LogP contribution in [0.3, 0.4) is 0 Å². The Labute approximate surface area is 251 Å². The van der Waals surface area contributed by atoms with Crippen LogP contribution >= 0.6 is 11.6 Å². The summed E-state index contributed by atoms with van der Waals surface area (Å²) in [5, 5.41) is 6.74. The first-order chi connectivity index (χ1) is 20.5. The van der Waals surface area contributed by atoms with Crippen LogP contribution in [-0.2, 0) is 11.2 Å². The van der Waals surface area contributed by atoms with Crippen molar-refractivity contribution < 1.29 is 22.8 Å². The molecule has 1 aliphatic heterocycles. The molecule has 1 saturated heterocycles. The maximum atomic E-state index is 14.9. The van der Waals surface area contributed by atoms with Gasteiger partial charge in [0, 0.05) is 36.0 Å². The van der Waals surface area contributed by atoms with Crippen molar-refractivity contribution in [1.82, 2.24) is 24.7 Å². The Kier molecular flexibility index (Phi) is 8.50. The maximum absolute atomic E-state index is 14.9. The molecule has 4 heterocycles. The first-order valence-electron chi connectivity index (χ1n) is 13.8. The second-order valence-corrected chi connectivity index (χ2v) is 10.9. The van der Waals surface area contributed by atoms with Crippen molar-refractivity contribution in [3.8, 4) is 11.3 Å². The van der Waals surface area contributed by atoms with Crippen molar-refractivity contribution in [2.45, 2.75) is 53.0 Å². The number of aromatic nitrogens is 5. The first kappa shape index (κ1) is 30.1. The van der Waals surface area contributed by atoms with E-state index in [2.05, 4.69) is 25.4 Å². The molecule has 1 aliphatic rings. The average molecular weight is 612 g/mol. The number of hydrogen-bond acceptors (Lipinski definition) is 6. The number of aryl methyl sites for hydroxylation is 2. The molecule has 0 bridgehead atoms. The highest BCUT2D eigenvalue weighted by Crippen LogP contribution is 2.36. The minimum atomic E-state index is -3.00. The summed E-state index contributed by atoms with van der Waals surface area (Å²) in [5.74, 6) is -1.04. The highest BCUT2D eigenvalue weighted by atomic mass is 35.5. The number of nitrogens with one attached hydrogen (secondary N) is 1. The molecule has 0 saturated carbocycles. The van der Waals surface area contributed by atoms with Gasteiger partial charge in [0.05, 0.1) is 40.5 Å². The zero-order chi connectivity index (χ0) is 31.0. The molecule has 43 heavy (non-hydrogen) atoms. The molecule has 3 aromatic heterocycles. The van der Waals surface area contributed by atoms with E-state index in [0.717, 1.165) is 35.9 Å². The van der Waals surface area contributed by atoms with Gasteiger partial charge in [-0.2, -0.15) is 5.10 Å². The normalized spacial score (nSPS) is 15.8. The van der Waals surface area contributed by atoms with E-state index < -0.39 is 29.3 Å². The number of carbonyl (C=O) groups excluding carboxylic acids is 2. The van der Waals surface area contributed by atoms with Crippen LogP contribution in [-0.4, -0.2) is 43.1 Å². The minimum Gasteiger partial charge on any atom is -0.318 e. The largest absolute Gasteiger partial charge is 0.318 e. The number of pyridine rings is 1. The zero-order valence-corrected chi connectivity index (χ0v) is 24.7. The van der Waals surface area contributed by atoms with E-state index in [1.165, 1.54) is 6.20 Å². The van der Waals surface area contributed by atoms with Crippen LogP contribution in [0.4, 0.5) is 24.7 Å². The fourth-order valence-corrected chi connectivity index (χ4v) is 5.23. The standard InChI is InChI=1S/C30H29ClF3N7O2/c1-5-22-26(39-23(13-35-22)24-20(27(33)34)6-7-21(31)25(24)32)29(42)38-19-12-37-41(14-19)17(4)18-10-16(3)28(36-11-18)40-9-8-15(2)30(40)43/h6-7,10-15,17,27H,5,8-9H2,1-4H3,(H,38,42)/t15-,17?/m1/s1. The van der Waals surface area contributed by atoms with Crippen molar-refractivity contribution in [2.75, 3.05) is 16.8 Å². The smallest absolute Gasteiger partial charge is 0.276 e. The van der Waals surface area contributed by atoms with Gasteiger partial charge in [-0.15, -0.1) is 0 Å². The van der Waals surface area contributed by atoms with Gasteiger partial charge in [-0.25, -0.2) is 23.1 Å². The number of nitrogens with zero attached hydrogens (tertiary/aromatic N) is 6. The molecule has 0 spiro atoms. The van der Waals surface area contributed by atoms with E-state index >= 15 is 0 Å². The second kappa shape index (κ2) is 12.1. The van der Waals surface area contributed by atoms with E-state index in [1.54, 1.807) is 28.9 Å². The SMILES string of the molecule is CCc1ncc(-c2c(C(F)F)ccc(Cl)c2F)nc1C(=O)Nc1cnn(C(C)c2cnc(N3CC[C@@H](C)C3=O)c(C)c2)c1. The lowest BCUT2D eigenvalue weighted by atomic mass is 10.0. The Bertz CT molecular complexity index is 1710. The maximum Gasteiger partial charge on any atom is 0.276 e. The van der Waals surface area contributed by atoms with Crippen LogP contribution in [0.1, 0.15) is 72.5 Å². The number of carbonyl (C=O) groups is 2. The summed E-state index contributed by atoms with van der Waals surface area (Å²) in [6.07, 6.45) is 4.06. The van der Waals surface area contributed by atoms with Crippen LogP contribution < -0.4 is 10.2 Å². The summed E-state index contributed by atoms with van der Waals surface area (Å²) >= 11 is 5.86. The van der Waals surface area contributed by atoms with Gasteiger partial charge in [0.2, 0.25) is 5.91 Å². The highest BCUT2D eigenvalue weighted by Gasteiger charge is 2.31. The van der Waals surface area contributed by atoms with Gasteiger partial charge in [-0.3, -0.25) is 24.2 Å². The lowest BCUT2D eigenvalue weighted by Crippen LogP contribution is -2.28. The molecule has 1 unspecified atom stereocenters. The van der Waals surface area contributed by atoms with Crippen LogP contribution in [0.15, 0.2) is 43.0 Å². The molecule has 1 N–H and O–H groups in total. The first-order valence-corrected chi connectivity index (χ1v) is 14.1. The molecule has 1 aromatic carbocycles. The number of halogens is 4. The third-order valence-corrected chi connectivity index (χ3v) is 7.85. The number of alkyl halides is 2. The molecule has 13 heteroatoms. The van der Waals surface area contributed by atoms with Crippen molar-refractivity contribution in [3.05, 3.63) is 81.9 Å². The Morgan fingerprint density at radius 3 is 2.63 bits per heavy atom. The van der Waals surface area contributed by atoms with Crippen LogP contribution in [0, 0.1) is 18.7 Å². The number of anilines is 2. The molecule has 0 aliphatic carbocycles. The van der Waals surface area contributed by atoms with Crippen LogP contribution in [0.5, 0.6) is 0 Å². The summed E-state index contributed by atoms with van der Waals surface area (Å²) in [6, 6.07) is 3.77. The second-order valence-electron chi connectivity index (χ2n) is 10.5. The molecule has 2 atom stereocenters. The third kappa shape index (κ3) is 5.83. The molecule has 1 fully saturated rings. The van der Waals surface area contributed by atoms with Gasteiger partial charge in [-0.1, -0.05) is 31.5 Å². The van der Waals surface area contributed by atoms with Crippen LogP contribution in [0.2, 0.25) is 5.02 Å². The van der Waals surface area contributed by atoms with E-state index in [9.17, 15) is 22.8 Å².